The molecule has 1 N–H and O–H groups in total. The zero-order valence-electron chi connectivity index (χ0n) is 14.6. The molecule has 0 bridgehead atoms. The molecule has 5 nitrogen and oxygen atoms in total. The van der Waals surface area contributed by atoms with E-state index in [1.54, 1.807) is 0 Å². The molecule has 2 aliphatic rings. The van der Waals surface area contributed by atoms with E-state index in [9.17, 15) is 9.59 Å². The van der Waals surface area contributed by atoms with Gasteiger partial charge in [-0.25, -0.2) is 0 Å². The molecule has 1 aromatic carbocycles. The molecule has 2 amide bonds. The first-order chi connectivity index (χ1) is 11.6. The molecule has 2 atom stereocenters. The van der Waals surface area contributed by atoms with E-state index in [0.717, 1.165) is 44.8 Å². The van der Waals surface area contributed by atoms with Crippen LogP contribution in [-0.4, -0.2) is 54.3 Å². The summed E-state index contributed by atoms with van der Waals surface area (Å²) in [5.74, 6) is -0.141. The third kappa shape index (κ3) is 3.78. The highest BCUT2D eigenvalue weighted by Gasteiger charge is 2.49. The van der Waals surface area contributed by atoms with Crippen LogP contribution in [0.2, 0.25) is 0 Å². The number of hydrogen-bond donors (Lipinski definition) is 1. The quantitative estimate of drug-likeness (QED) is 0.899. The van der Waals surface area contributed by atoms with Gasteiger partial charge in [0, 0.05) is 31.9 Å². The Labute approximate surface area is 144 Å². The average Bonchev–Trinajstić information content (AvgIpc) is 3.43. The number of anilines is 1. The summed E-state index contributed by atoms with van der Waals surface area (Å²) in [6, 6.07) is 7.91. The third-order valence-corrected chi connectivity index (χ3v) is 5.21. The van der Waals surface area contributed by atoms with Gasteiger partial charge in [-0.05, 0) is 37.1 Å². The van der Waals surface area contributed by atoms with E-state index in [4.69, 9.17) is 0 Å². The van der Waals surface area contributed by atoms with Gasteiger partial charge < -0.3 is 15.1 Å². The molecule has 3 rings (SSSR count). The highest BCUT2D eigenvalue weighted by atomic mass is 16.2. The van der Waals surface area contributed by atoms with Crippen LogP contribution in [0.4, 0.5) is 5.69 Å². The molecule has 1 saturated heterocycles. The van der Waals surface area contributed by atoms with Gasteiger partial charge >= 0.3 is 0 Å². The molecule has 0 radical (unpaired) electrons. The second-order valence-corrected chi connectivity index (χ2v) is 6.75. The molecular formula is C19H27N3O2. The van der Waals surface area contributed by atoms with Gasteiger partial charge in [0.1, 0.15) is 0 Å². The minimum atomic E-state index is -0.160. The number of hydrogen-bond acceptors (Lipinski definition) is 3. The van der Waals surface area contributed by atoms with Crippen LogP contribution in [0.25, 0.3) is 0 Å². The normalized spacial score (nSPS) is 23.8. The average molecular weight is 329 g/mol. The second-order valence-electron chi connectivity index (χ2n) is 6.75. The predicted octanol–water partition coefficient (Wildman–Crippen LogP) is 1.99. The number of rotatable bonds is 5. The van der Waals surface area contributed by atoms with E-state index < -0.39 is 0 Å². The van der Waals surface area contributed by atoms with Crippen LogP contribution in [-0.2, 0) is 16.0 Å². The summed E-state index contributed by atoms with van der Waals surface area (Å²) in [6.45, 7) is 8.74. The predicted molar refractivity (Wildman–Crippen MR) is 94.7 cm³/mol. The summed E-state index contributed by atoms with van der Waals surface area (Å²) in [4.78, 5) is 29.1. The van der Waals surface area contributed by atoms with E-state index in [1.165, 1.54) is 5.56 Å². The van der Waals surface area contributed by atoms with Gasteiger partial charge in [-0.3, -0.25) is 9.59 Å². The molecule has 0 spiro atoms. The van der Waals surface area contributed by atoms with Gasteiger partial charge in [0.15, 0.2) is 0 Å². The minimum absolute atomic E-state index is 0.0233. The molecule has 2 fully saturated rings. The number of aryl methyl sites for hydroxylation is 1. The van der Waals surface area contributed by atoms with Crippen LogP contribution in [0.5, 0.6) is 0 Å². The van der Waals surface area contributed by atoms with Gasteiger partial charge in [-0.1, -0.05) is 26.0 Å². The molecule has 5 heteroatoms. The molecule has 1 saturated carbocycles. The lowest BCUT2D eigenvalue weighted by atomic mass is 10.1. The van der Waals surface area contributed by atoms with Crippen molar-refractivity contribution in [3.63, 3.8) is 0 Å². The van der Waals surface area contributed by atoms with Crippen molar-refractivity contribution in [2.75, 3.05) is 38.0 Å². The molecular weight excluding hydrogens is 302 g/mol. The molecule has 24 heavy (non-hydrogen) atoms. The molecule has 1 aromatic rings. The fourth-order valence-corrected chi connectivity index (χ4v) is 3.34. The smallest absolute Gasteiger partial charge is 0.228 e. The maximum absolute atomic E-state index is 12.5. The summed E-state index contributed by atoms with van der Waals surface area (Å²) in [6.07, 6.45) is 1.67. The molecule has 1 aliphatic heterocycles. The molecule has 0 aromatic heterocycles. The van der Waals surface area contributed by atoms with Crippen molar-refractivity contribution in [2.24, 2.45) is 11.8 Å². The van der Waals surface area contributed by atoms with Crippen LogP contribution in [0.15, 0.2) is 24.3 Å². The monoisotopic (exact) mass is 329 g/mol. The molecule has 1 aliphatic carbocycles. The van der Waals surface area contributed by atoms with Crippen molar-refractivity contribution in [1.29, 1.82) is 0 Å². The van der Waals surface area contributed by atoms with Gasteiger partial charge in [-0.2, -0.15) is 0 Å². The topological polar surface area (TPSA) is 52.7 Å². The van der Waals surface area contributed by atoms with Gasteiger partial charge in [0.05, 0.1) is 11.8 Å². The lowest BCUT2D eigenvalue weighted by Gasteiger charge is -2.34. The zero-order chi connectivity index (χ0) is 17.1. The Morgan fingerprint density at radius 1 is 1.04 bits per heavy atom. The first-order valence-corrected chi connectivity index (χ1v) is 9.03. The van der Waals surface area contributed by atoms with Crippen LogP contribution < -0.4 is 5.32 Å². The summed E-state index contributed by atoms with van der Waals surface area (Å²) < 4.78 is 0. The number of carbonyl (C=O) groups excluding carboxylic acids is 2. The third-order valence-electron chi connectivity index (χ3n) is 5.21. The van der Waals surface area contributed by atoms with Gasteiger partial charge in [0.2, 0.25) is 11.8 Å². The Bertz CT molecular complexity index is 591. The molecule has 1 heterocycles. The second kappa shape index (κ2) is 7.34. The number of nitrogens with one attached hydrogen (secondary N) is 1. The van der Waals surface area contributed by atoms with Crippen molar-refractivity contribution in [3.05, 3.63) is 29.8 Å². The summed E-state index contributed by atoms with van der Waals surface area (Å²) in [5.41, 5.74) is 2.06. The Hall–Kier alpha value is -1.88. The van der Waals surface area contributed by atoms with Crippen molar-refractivity contribution < 1.29 is 9.59 Å². The number of amides is 2. The lowest BCUT2D eigenvalue weighted by Crippen LogP contribution is -2.49. The van der Waals surface area contributed by atoms with Crippen LogP contribution >= 0.6 is 0 Å². The van der Waals surface area contributed by atoms with Gasteiger partial charge in [0.25, 0.3) is 0 Å². The van der Waals surface area contributed by atoms with E-state index in [0.29, 0.717) is 6.42 Å². The number of likely N-dealkylation sites (N-methyl/N-ethyl adjacent to an activating group) is 1. The Morgan fingerprint density at radius 3 is 2.29 bits per heavy atom. The number of carbonyl (C=O) groups is 2. The Morgan fingerprint density at radius 2 is 1.71 bits per heavy atom. The largest absolute Gasteiger partial charge is 0.340 e. The lowest BCUT2D eigenvalue weighted by molar-refractivity contribution is -0.135. The SMILES string of the molecule is CCc1ccc(NC(=O)C2CC2C(=O)N2CCN(CC)CC2)cc1. The maximum Gasteiger partial charge on any atom is 0.228 e. The van der Waals surface area contributed by atoms with Crippen molar-refractivity contribution in [1.82, 2.24) is 9.80 Å². The van der Waals surface area contributed by atoms with Crippen LogP contribution in [0.1, 0.15) is 25.8 Å². The Kier molecular flexibility index (Phi) is 5.19. The number of piperazine rings is 1. The van der Waals surface area contributed by atoms with E-state index in [1.807, 2.05) is 29.2 Å². The number of benzene rings is 1. The van der Waals surface area contributed by atoms with E-state index in [-0.39, 0.29) is 23.7 Å². The summed E-state index contributed by atoms with van der Waals surface area (Å²) in [7, 11) is 0. The van der Waals surface area contributed by atoms with Gasteiger partial charge in [-0.15, -0.1) is 0 Å². The van der Waals surface area contributed by atoms with E-state index >= 15 is 0 Å². The first-order valence-electron chi connectivity index (χ1n) is 9.03. The Balaban J connectivity index is 1.49. The number of nitrogens with zero attached hydrogens (tertiary/aromatic N) is 2. The highest BCUT2D eigenvalue weighted by molar-refractivity contribution is 5.99. The molecule has 130 valence electrons. The van der Waals surface area contributed by atoms with E-state index in [2.05, 4.69) is 24.1 Å². The first kappa shape index (κ1) is 17.0. The standard InChI is InChI=1S/C19H27N3O2/c1-3-14-5-7-15(8-6-14)20-18(23)16-13-17(16)19(24)22-11-9-21(4-2)10-12-22/h5-8,16-17H,3-4,9-13H2,1-2H3,(H,20,23). The highest BCUT2D eigenvalue weighted by Crippen LogP contribution is 2.41. The zero-order valence-corrected chi connectivity index (χ0v) is 14.6. The van der Waals surface area contributed by atoms with Crippen molar-refractivity contribution in [3.8, 4) is 0 Å². The van der Waals surface area contributed by atoms with Crippen LogP contribution in [0, 0.1) is 11.8 Å². The molecule has 2 unspecified atom stereocenters. The summed E-state index contributed by atoms with van der Waals surface area (Å²) in [5, 5.41) is 2.94. The van der Waals surface area contributed by atoms with Crippen molar-refractivity contribution >= 4 is 17.5 Å². The fourth-order valence-electron chi connectivity index (χ4n) is 3.34. The fraction of sp³-hybridized carbons (Fsp3) is 0.579. The minimum Gasteiger partial charge on any atom is -0.340 e. The van der Waals surface area contributed by atoms with Crippen LogP contribution in [0.3, 0.4) is 0 Å². The maximum atomic E-state index is 12.5. The van der Waals surface area contributed by atoms with Crippen molar-refractivity contribution in [2.45, 2.75) is 26.7 Å². The summed E-state index contributed by atoms with van der Waals surface area (Å²) >= 11 is 0.